The largest absolute Gasteiger partial charge is 0.354 e. The molecule has 0 unspecified atom stereocenters. The van der Waals surface area contributed by atoms with Crippen molar-refractivity contribution in [3.05, 3.63) is 128 Å². The average Bonchev–Trinajstić information content (AvgIpc) is 3.03. The van der Waals surface area contributed by atoms with Crippen molar-refractivity contribution in [2.24, 2.45) is 5.92 Å². The highest BCUT2D eigenvalue weighted by atomic mass is 35.5. The molecule has 4 aromatic carbocycles. The Kier molecular flexibility index (Phi) is 12.4. The van der Waals surface area contributed by atoms with E-state index in [4.69, 9.17) is 46.4 Å². The maximum Gasteiger partial charge on any atom is 0.264 e. The fraction of sp³-hybridized carbons (Fsp3) is 0.235. The highest BCUT2D eigenvalue weighted by molar-refractivity contribution is 7.92. The maximum atomic E-state index is 14.6. The summed E-state index contributed by atoms with van der Waals surface area (Å²) in [5.74, 6) is -0.913. The van der Waals surface area contributed by atoms with Crippen molar-refractivity contribution in [2.45, 2.75) is 37.8 Å². The van der Waals surface area contributed by atoms with Crippen molar-refractivity contribution in [1.82, 2.24) is 10.2 Å². The van der Waals surface area contributed by atoms with Crippen molar-refractivity contribution < 1.29 is 18.0 Å². The third-order valence-corrected chi connectivity index (χ3v) is 10.0. The minimum Gasteiger partial charge on any atom is -0.354 e. The highest BCUT2D eigenvalue weighted by Gasteiger charge is 2.35. The van der Waals surface area contributed by atoms with Crippen LogP contribution in [0.5, 0.6) is 0 Å². The Morgan fingerprint density at radius 3 is 2.02 bits per heavy atom. The van der Waals surface area contributed by atoms with Gasteiger partial charge in [0.1, 0.15) is 12.6 Å². The Morgan fingerprint density at radius 1 is 0.783 bits per heavy atom. The van der Waals surface area contributed by atoms with Gasteiger partial charge in [0.2, 0.25) is 11.8 Å². The Morgan fingerprint density at radius 2 is 1.39 bits per heavy atom. The molecule has 0 aliphatic rings. The molecule has 4 aromatic rings. The molecule has 0 saturated carbocycles. The number of hydrogen-bond donors (Lipinski definition) is 1. The summed E-state index contributed by atoms with van der Waals surface area (Å²) in [5, 5.41) is 3.93. The molecule has 0 radical (unpaired) electrons. The van der Waals surface area contributed by atoms with E-state index in [1.54, 1.807) is 36.4 Å². The van der Waals surface area contributed by atoms with Crippen LogP contribution in [0.2, 0.25) is 20.1 Å². The second kappa shape index (κ2) is 16.0. The van der Waals surface area contributed by atoms with Crippen molar-refractivity contribution in [3.63, 3.8) is 0 Å². The second-order valence-corrected chi connectivity index (χ2v) is 14.6. The lowest BCUT2D eigenvalue weighted by molar-refractivity contribution is -0.140. The zero-order chi connectivity index (χ0) is 33.4. The number of halogens is 4. The molecule has 4 rings (SSSR count). The smallest absolute Gasteiger partial charge is 0.264 e. The molecule has 0 saturated heterocycles. The summed E-state index contributed by atoms with van der Waals surface area (Å²) < 4.78 is 29.1. The van der Waals surface area contributed by atoms with Crippen LogP contribution in [0.25, 0.3) is 0 Å². The Labute approximate surface area is 290 Å². The first-order chi connectivity index (χ1) is 21.9. The van der Waals surface area contributed by atoms with E-state index >= 15 is 0 Å². The quantitative estimate of drug-likeness (QED) is 0.152. The van der Waals surface area contributed by atoms with Crippen LogP contribution < -0.4 is 9.62 Å². The number of hydrogen-bond acceptors (Lipinski definition) is 4. The van der Waals surface area contributed by atoms with Gasteiger partial charge in [-0.15, -0.1) is 0 Å². The number of carbonyl (C=O) groups excluding carboxylic acids is 2. The number of nitrogens with one attached hydrogen (secondary N) is 1. The first-order valence-corrected chi connectivity index (χ1v) is 17.4. The number of anilines is 1. The van der Waals surface area contributed by atoms with Crippen LogP contribution in [0, 0.1) is 5.92 Å². The van der Waals surface area contributed by atoms with Gasteiger partial charge in [0.15, 0.2) is 0 Å². The summed E-state index contributed by atoms with van der Waals surface area (Å²) >= 11 is 25.5. The highest BCUT2D eigenvalue weighted by Crippen LogP contribution is 2.33. The molecule has 46 heavy (non-hydrogen) atoms. The van der Waals surface area contributed by atoms with E-state index in [0.29, 0.717) is 17.1 Å². The number of sulfonamides is 1. The lowest BCUT2D eigenvalue weighted by Crippen LogP contribution is -2.53. The van der Waals surface area contributed by atoms with Crippen LogP contribution in [0.1, 0.15) is 25.0 Å². The van der Waals surface area contributed by atoms with Gasteiger partial charge in [0.25, 0.3) is 10.0 Å². The number of rotatable bonds is 13. The number of benzene rings is 4. The van der Waals surface area contributed by atoms with Gasteiger partial charge in [-0.05, 0) is 59.5 Å². The molecule has 0 spiro atoms. The fourth-order valence-electron chi connectivity index (χ4n) is 4.72. The average molecular weight is 722 g/mol. The Balaban J connectivity index is 1.84. The van der Waals surface area contributed by atoms with E-state index in [9.17, 15) is 18.0 Å². The van der Waals surface area contributed by atoms with Gasteiger partial charge in [0.05, 0.1) is 15.6 Å². The molecule has 0 aliphatic carbocycles. The van der Waals surface area contributed by atoms with Gasteiger partial charge in [-0.2, -0.15) is 0 Å². The predicted molar refractivity (Wildman–Crippen MR) is 186 cm³/mol. The summed E-state index contributed by atoms with van der Waals surface area (Å²) in [4.78, 5) is 29.7. The second-order valence-electron chi connectivity index (χ2n) is 11.0. The molecule has 0 aliphatic heterocycles. The van der Waals surface area contributed by atoms with Crippen LogP contribution in [-0.2, 0) is 32.6 Å². The molecule has 0 bridgehead atoms. The first kappa shape index (κ1) is 35.6. The van der Waals surface area contributed by atoms with Crippen LogP contribution >= 0.6 is 46.4 Å². The van der Waals surface area contributed by atoms with Gasteiger partial charge < -0.3 is 10.2 Å². The molecule has 2 amide bonds. The van der Waals surface area contributed by atoms with Crippen molar-refractivity contribution in [1.29, 1.82) is 0 Å². The molecule has 0 aromatic heterocycles. The summed E-state index contributed by atoms with van der Waals surface area (Å²) in [6.07, 6.45) is 0.158. The number of amides is 2. The van der Waals surface area contributed by atoms with E-state index in [0.717, 1.165) is 9.87 Å². The van der Waals surface area contributed by atoms with E-state index in [-0.39, 0.29) is 44.5 Å². The van der Waals surface area contributed by atoms with Gasteiger partial charge in [-0.1, -0.05) is 115 Å². The third-order valence-electron chi connectivity index (χ3n) is 7.10. The van der Waals surface area contributed by atoms with E-state index in [1.165, 1.54) is 35.2 Å². The summed E-state index contributed by atoms with van der Waals surface area (Å²) in [7, 11) is -4.34. The first-order valence-electron chi connectivity index (χ1n) is 14.4. The predicted octanol–water partition coefficient (Wildman–Crippen LogP) is 7.91. The Hall–Kier alpha value is -3.27. The zero-order valence-corrected chi connectivity index (χ0v) is 29.0. The van der Waals surface area contributed by atoms with E-state index < -0.39 is 34.4 Å². The number of carbonyl (C=O) groups is 2. The lowest BCUT2D eigenvalue weighted by atomic mass is 10.0. The zero-order valence-electron chi connectivity index (χ0n) is 25.2. The molecule has 0 fully saturated rings. The molecule has 1 N–H and O–H groups in total. The molecular weight excluding hydrogens is 688 g/mol. The van der Waals surface area contributed by atoms with Crippen molar-refractivity contribution in [3.8, 4) is 0 Å². The lowest BCUT2D eigenvalue weighted by Gasteiger charge is -2.34. The van der Waals surface area contributed by atoms with Gasteiger partial charge in [-0.25, -0.2) is 8.42 Å². The van der Waals surface area contributed by atoms with Crippen LogP contribution in [0.3, 0.4) is 0 Å². The Bertz CT molecular complexity index is 1770. The normalized spacial score (nSPS) is 12.1. The summed E-state index contributed by atoms with van der Waals surface area (Å²) in [6, 6.07) is 25.1. The molecular formula is C34H33Cl4N3O4S. The van der Waals surface area contributed by atoms with Gasteiger partial charge in [0, 0.05) is 34.6 Å². The van der Waals surface area contributed by atoms with Crippen LogP contribution in [-0.4, -0.2) is 44.3 Å². The van der Waals surface area contributed by atoms with Crippen LogP contribution in [0.4, 0.5) is 5.69 Å². The van der Waals surface area contributed by atoms with Crippen molar-refractivity contribution in [2.75, 3.05) is 17.4 Å². The van der Waals surface area contributed by atoms with Crippen molar-refractivity contribution >= 4 is 73.9 Å². The topological polar surface area (TPSA) is 86.8 Å². The molecule has 0 heterocycles. The van der Waals surface area contributed by atoms with Gasteiger partial charge >= 0.3 is 0 Å². The maximum absolute atomic E-state index is 14.6. The number of nitrogens with zero attached hydrogens (tertiary/aromatic N) is 2. The summed E-state index contributed by atoms with van der Waals surface area (Å²) in [5.41, 5.74) is 1.34. The summed E-state index contributed by atoms with van der Waals surface area (Å²) in [6.45, 7) is 3.50. The molecule has 12 heteroatoms. The minimum atomic E-state index is -4.34. The molecule has 7 nitrogen and oxygen atoms in total. The van der Waals surface area contributed by atoms with Gasteiger partial charge in [-0.3, -0.25) is 13.9 Å². The van der Waals surface area contributed by atoms with E-state index in [2.05, 4.69) is 5.32 Å². The standard InChI is InChI=1S/C34H33Cl4N3O4S/c1-23(2)20-39-34(43)32(17-24-9-5-3-6-10-24)40(21-25-13-14-26(35)18-30(25)38)33(42)22-41(31-19-27(36)15-16-29(31)37)46(44,45)28-11-7-4-8-12-28/h3-16,18-19,23,32H,17,20-22H2,1-2H3,(H,39,43)/t32-/m0/s1. The molecule has 242 valence electrons. The minimum absolute atomic E-state index is 0.0136. The third kappa shape index (κ3) is 9.17. The fourth-order valence-corrected chi connectivity index (χ4v) is 7.07. The molecule has 1 atom stereocenters. The monoisotopic (exact) mass is 719 g/mol. The van der Waals surface area contributed by atoms with Crippen LogP contribution in [0.15, 0.2) is 102 Å². The van der Waals surface area contributed by atoms with E-state index in [1.807, 2.05) is 44.2 Å². The SMILES string of the molecule is CC(C)CNC(=O)[C@H](Cc1ccccc1)N(Cc1ccc(Cl)cc1Cl)C(=O)CN(c1cc(Cl)ccc1Cl)S(=O)(=O)c1ccccc1.